The van der Waals surface area contributed by atoms with Crippen molar-refractivity contribution < 1.29 is 19.4 Å². The van der Waals surface area contributed by atoms with Crippen LogP contribution in [0.1, 0.15) is 33.1 Å². The number of ether oxygens (including phenoxy) is 1. The summed E-state index contributed by atoms with van der Waals surface area (Å²) in [6, 6.07) is -0.225. The largest absolute Gasteiger partial charge is 0.469 e. The van der Waals surface area contributed by atoms with E-state index in [0.717, 1.165) is 12.8 Å². The predicted octanol–water partition coefficient (Wildman–Crippen LogP) is 0.557. The second-order valence-electron chi connectivity index (χ2n) is 5.66. The maximum Gasteiger partial charge on any atom is 0.311 e. The molecule has 5 heteroatoms. The van der Waals surface area contributed by atoms with Crippen molar-refractivity contribution in [2.45, 2.75) is 44.8 Å². The fourth-order valence-electron chi connectivity index (χ4n) is 3.54. The summed E-state index contributed by atoms with van der Waals surface area (Å²) < 4.78 is 4.81. The molecule has 3 unspecified atom stereocenters. The van der Waals surface area contributed by atoms with E-state index < -0.39 is 17.5 Å². The summed E-state index contributed by atoms with van der Waals surface area (Å²) in [6.45, 7) is 4.45. The predicted molar refractivity (Wildman–Crippen MR) is 64.6 cm³/mol. The van der Waals surface area contributed by atoms with E-state index in [9.17, 15) is 14.7 Å². The van der Waals surface area contributed by atoms with Gasteiger partial charge in [-0.25, -0.2) is 0 Å². The highest BCUT2D eigenvalue weighted by atomic mass is 16.5. The van der Waals surface area contributed by atoms with Crippen LogP contribution < -0.4 is 0 Å². The molecule has 5 nitrogen and oxygen atoms in total. The van der Waals surface area contributed by atoms with Crippen molar-refractivity contribution in [3.63, 3.8) is 0 Å². The molecule has 0 aromatic carbocycles. The fourth-order valence-corrected chi connectivity index (χ4v) is 3.54. The monoisotopic (exact) mass is 255 g/mol. The van der Waals surface area contributed by atoms with Crippen molar-refractivity contribution >= 4 is 11.9 Å². The minimum absolute atomic E-state index is 0.0373. The molecule has 0 bridgehead atoms. The number of methoxy groups -OCH3 is 1. The third kappa shape index (κ3) is 1.81. The van der Waals surface area contributed by atoms with Gasteiger partial charge < -0.3 is 14.7 Å². The Kier molecular flexibility index (Phi) is 3.36. The van der Waals surface area contributed by atoms with Gasteiger partial charge in [0.05, 0.1) is 25.5 Å². The van der Waals surface area contributed by atoms with Gasteiger partial charge in [-0.1, -0.05) is 13.8 Å². The van der Waals surface area contributed by atoms with Gasteiger partial charge >= 0.3 is 5.97 Å². The van der Waals surface area contributed by atoms with Gasteiger partial charge in [-0.15, -0.1) is 0 Å². The second kappa shape index (κ2) is 4.53. The molecule has 3 atom stereocenters. The first-order valence-electron chi connectivity index (χ1n) is 6.51. The average Bonchev–Trinajstić information content (AvgIpc) is 2.84. The van der Waals surface area contributed by atoms with Crippen LogP contribution in [0, 0.1) is 11.8 Å². The van der Waals surface area contributed by atoms with Crippen LogP contribution in [0.15, 0.2) is 0 Å². The Hall–Kier alpha value is -1.10. The molecule has 1 amide bonds. The highest BCUT2D eigenvalue weighted by molar-refractivity contribution is 5.84. The smallest absolute Gasteiger partial charge is 0.311 e. The van der Waals surface area contributed by atoms with Crippen LogP contribution in [-0.2, 0) is 14.3 Å². The lowest BCUT2D eigenvalue weighted by molar-refractivity contribution is -0.161. The molecule has 0 aliphatic carbocycles. The number of carbonyl (C=O) groups excluding carboxylic acids is 2. The van der Waals surface area contributed by atoms with Crippen molar-refractivity contribution in [1.29, 1.82) is 0 Å². The van der Waals surface area contributed by atoms with Gasteiger partial charge in [0, 0.05) is 6.54 Å². The summed E-state index contributed by atoms with van der Waals surface area (Å²) in [5.74, 6) is -1.17. The molecule has 0 radical (unpaired) electrons. The number of carbonyl (C=O) groups is 2. The highest BCUT2D eigenvalue weighted by Gasteiger charge is 2.59. The SMILES string of the molecule is COC(=O)C(C(C)C)C1(O)CC(=O)N2CCCC21. The summed E-state index contributed by atoms with van der Waals surface area (Å²) in [7, 11) is 1.32. The number of amides is 1. The van der Waals surface area contributed by atoms with Gasteiger partial charge in [0.2, 0.25) is 5.91 Å². The molecule has 0 aromatic heterocycles. The number of fused-ring (bicyclic) bond motifs is 1. The molecule has 18 heavy (non-hydrogen) atoms. The molecule has 2 fully saturated rings. The van der Waals surface area contributed by atoms with Crippen molar-refractivity contribution in [3.8, 4) is 0 Å². The Morgan fingerprint density at radius 2 is 2.22 bits per heavy atom. The molecule has 0 saturated carbocycles. The van der Waals surface area contributed by atoms with Crippen LogP contribution in [0.4, 0.5) is 0 Å². The maximum atomic E-state index is 11.9. The van der Waals surface area contributed by atoms with Crippen LogP contribution >= 0.6 is 0 Å². The van der Waals surface area contributed by atoms with Gasteiger partial charge in [0.25, 0.3) is 0 Å². The van der Waals surface area contributed by atoms with Crippen molar-refractivity contribution in [3.05, 3.63) is 0 Å². The third-order valence-electron chi connectivity index (χ3n) is 4.24. The standard InChI is InChI=1S/C13H21NO4/c1-8(2)11(12(16)18-3)13(17)7-10(15)14-6-4-5-9(13)14/h8-9,11,17H,4-7H2,1-3H3. The Morgan fingerprint density at radius 3 is 2.78 bits per heavy atom. The lowest BCUT2D eigenvalue weighted by atomic mass is 9.74. The summed E-state index contributed by atoms with van der Waals surface area (Å²) in [5, 5.41) is 10.9. The molecular formula is C13H21NO4. The fraction of sp³-hybridized carbons (Fsp3) is 0.846. The van der Waals surface area contributed by atoms with E-state index in [1.807, 2.05) is 13.8 Å². The van der Waals surface area contributed by atoms with E-state index >= 15 is 0 Å². The first kappa shape index (κ1) is 13.3. The summed E-state index contributed by atoms with van der Waals surface area (Å²) in [5.41, 5.74) is -1.27. The number of hydrogen-bond donors (Lipinski definition) is 1. The summed E-state index contributed by atoms with van der Waals surface area (Å²) >= 11 is 0. The van der Waals surface area contributed by atoms with E-state index in [0.29, 0.717) is 6.54 Å². The zero-order valence-electron chi connectivity index (χ0n) is 11.2. The molecule has 102 valence electrons. The van der Waals surface area contributed by atoms with Gasteiger partial charge in [0.1, 0.15) is 5.60 Å². The topological polar surface area (TPSA) is 66.8 Å². The van der Waals surface area contributed by atoms with E-state index in [2.05, 4.69) is 0 Å². The number of rotatable bonds is 3. The number of esters is 1. The molecule has 2 rings (SSSR count). The Morgan fingerprint density at radius 1 is 1.56 bits per heavy atom. The second-order valence-corrected chi connectivity index (χ2v) is 5.66. The Labute approximate surface area is 107 Å². The molecule has 0 spiro atoms. The first-order chi connectivity index (χ1) is 8.41. The van der Waals surface area contributed by atoms with E-state index in [4.69, 9.17) is 4.74 Å². The van der Waals surface area contributed by atoms with E-state index in [-0.39, 0.29) is 24.3 Å². The highest BCUT2D eigenvalue weighted by Crippen LogP contribution is 2.44. The van der Waals surface area contributed by atoms with Gasteiger partial charge in [-0.2, -0.15) is 0 Å². The average molecular weight is 255 g/mol. The molecule has 2 aliphatic rings. The minimum atomic E-state index is -1.27. The van der Waals surface area contributed by atoms with Gasteiger partial charge in [-0.05, 0) is 18.8 Å². The molecule has 2 aliphatic heterocycles. The molecule has 2 saturated heterocycles. The lowest BCUT2D eigenvalue weighted by Crippen LogP contribution is -2.52. The maximum absolute atomic E-state index is 11.9. The molecular weight excluding hydrogens is 234 g/mol. The van der Waals surface area contributed by atoms with E-state index in [1.165, 1.54) is 7.11 Å². The van der Waals surface area contributed by atoms with Crippen LogP contribution in [0.25, 0.3) is 0 Å². The van der Waals surface area contributed by atoms with Crippen LogP contribution in [0.2, 0.25) is 0 Å². The lowest BCUT2D eigenvalue weighted by Gasteiger charge is -2.37. The zero-order chi connectivity index (χ0) is 13.5. The molecule has 0 aromatic rings. The summed E-state index contributed by atoms with van der Waals surface area (Å²) in [4.78, 5) is 25.6. The summed E-state index contributed by atoms with van der Waals surface area (Å²) in [6.07, 6.45) is 1.70. The molecule has 1 N–H and O–H groups in total. The van der Waals surface area contributed by atoms with Gasteiger partial charge in [0.15, 0.2) is 0 Å². The van der Waals surface area contributed by atoms with Crippen LogP contribution in [-0.4, -0.2) is 47.2 Å². The Balaban J connectivity index is 2.34. The number of nitrogens with zero attached hydrogens (tertiary/aromatic N) is 1. The van der Waals surface area contributed by atoms with Crippen LogP contribution in [0.5, 0.6) is 0 Å². The normalized spacial score (nSPS) is 32.8. The number of hydrogen-bond acceptors (Lipinski definition) is 4. The first-order valence-corrected chi connectivity index (χ1v) is 6.51. The zero-order valence-corrected chi connectivity index (χ0v) is 11.2. The van der Waals surface area contributed by atoms with Gasteiger partial charge in [-0.3, -0.25) is 9.59 Å². The molecule has 2 heterocycles. The third-order valence-corrected chi connectivity index (χ3v) is 4.24. The Bertz CT molecular complexity index is 368. The van der Waals surface area contributed by atoms with Crippen molar-refractivity contribution in [1.82, 2.24) is 4.90 Å². The quantitative estimate of drug-likeness (QED) is 0.748. The van der Waals surface area contributed by atoms with Crippen LogP contribution in [0.3, 0.4) is 0 Å². The van der Waals surface area contributed by atoms with E-state index in [1.54, 1.807) is 4.90 Å². The number of aliphatic hydroxyl groups is 1. The van der Waals surface area contributed by atoms with Crippen molar-refractivity contribution in [2.24, 2.45) is 11.8 Å². The minimum Gasteiger partial charge on any atom is -0.469 e. The van der Waals surface area contributed by atoms with Crippen molar-refractivity contribution in [2.75, 3.05) is 13.7 Å².